The van der Waals surface area contributed by atoms with E-state index < -0.39 is 16.6 Å². The van der Waals surface area contributed by atoms with Crippen LogP contribution in [0.4, 0.5) is 10.5 Å². The Morgan fingerprint density at radius 1 is 1.15 bits per heavy atom. The summed E-state index contributed by atoms with van der Waals surface area (Å²) >= 11 is 9.14. The number of amides is 1. The van der Waals surface area contributed by atoms with Crippen LogP contribution in [0.25, 0.3) is 10.8 Å². The molecule has 138 valence electrons. The fourth-order valence-electron chi connectivity index (χ4n) is 2.41. The highest BCUT2D eigenvalue weighted by Gasteiger charge is 2.27. The van der Waals surface area contributed by atoms with Gasteiger partial charge in [0.2, 0.25) is 0 Å². The molecule has 0 aliphatic carbocycles. The summed E-state index contributed by atoms with van der Waals surface area (Å²) in [4.78, 5) is 25.4. The number of halogens is 2. The lowest BCUT2D eigenvalue weighted by Gasteiger charge is -2.29. The number of hydrogen-bond donors (Lipinski definition) is 0. The quantitative estimate of drug-likeness (QED) is 0.322. The number of ether oxygens (including phenoxy) is 1. The maximum absolute atomic E-state index is 12.7. The van der Waals surface area contributed by atoms with Gasteiger partial charge in [0.15, 0.2) is 5.78 Å². The Hall–Kier alpha value is -1.85. The number of anilines is 1. The highest BCUT2D eigenvalue weighted by molar-refractivity contribution is 9.09. The molecule has 6 heteroatoms. The lowest BCUT2D eigenvalue weighted by Crippen LogP contribution is -2.40. The monoisotopic (exact) mass is 437 g/mol. The van der Waals surface area contributed by atoms with Gasteiger partial charge in [0.25, 0.3) is 0 Å². The highest BCUT2D eigenvalue weighted by Crippen LogP contribution is 2.28. The van der Waals surface area contributed by atoms with Gasteiger partial charge in [-0.2, -0.15) is 0 Å². The largest absolute Gasteiger partial charge is 0.443 e. The van der Waals surface area contributed by atoms with Crippen LogP contribution in [-0.4, -0.2) is 22.4 Å². The molecule has 26 heavy (non-hydrogen) atoms. The molecular formula is C20H21BrClNO3. The minimum Gasteiger partial charge on any atom is -0.443 e. The molecule has 0 N–H and O–H groups in total. The van der Waals surface area contributed by atoms with E-state index in [0.717, 1.165) is 10.8 Å². The van der Waals surface area contributed by atoms with Crippen LogP contribution in [0.15, 0.2) is 48.0 Å². The van der Waals surface area contributed by atoms with E-state index in [1.54, 1.807) is 12.1 Å². The van der Waals surface area contributed by atoms with Gasteiger partial charge in [-0.1, -0.05) is 45.7 Å². The van der Waals surface area contributed by atoms with E-state index >= 15 is 0 Å². The molecule has 1 amide bonds. The van der Waals surface area contributed by atoms with Crippen LogP contribution >= 0.6 is 27.5 Å². The van der Waals surface area contributed by atoms with Crippen LogP contribution in [0.5, 0.6) is 0 Å². The summed E-state index contributed by atoms with van der Waals surface area (Å²) in [5.41, 5.74) is 1.95. The van der Waals surface area contributed by atoms with Crippen molar-refractivity contribution in [1.82, 2.24) is 0 Å². The summed E-state index contributed by atoms with van der Waals surface area (Å²) in [5.74, 6) is -0.00950. The summed E-state index contributed by atoms with van der Waals surface area (Å²) in [7, 11) is 0. The van der Waals surface area contributed by atoms with Gasteiger partial charge in [-0.25, -0.2) is 4.79 Å². The Kier molecular flexibility index (Phi) is 6.48. The van der Waals surface area contributed by atoms with Crippen LogP contribution in [0, 0.1) is 0 Å². The molecule has 0 saturated carbocycles. The molecule has 2 rings (SSSR count). The molecule has 0 aliphatic rings. The highest BCUT2D eigenvalue weighted by atomic mass is 79.9. The molecule has 4 nitrogen and oxygen atoms in total. The van der Waals surface area contributed by atoms with E-state index in [0.29, 0.717) is 11.3 Å². The van der Waals surface area contributed by atoms with Gasteiger partial charge < -0.3 is 4.74 Å². The van der Waals surface area contributed by atoms with Crippen molar-refractivity contribution in [3.05, 3.63) is 53.6 Å². The second kappa shape index (κ2) is 8.23. The molecule has 0 fully saturated rings. The van der Waals surface area contributed by atoms with Crippen LogP contribution < -0.4 is 4.90 Å². The van der Waals surface area contributed by atoms with Gasteiger partial charge in [-0.15, -0.1) is 0 Å². The molecular weight excluding hydrogens is 418 g/mol. The van der Waals surface area contributed by atoms with Gasteiger partial charge in [0, 0.05) is 16.8 Å². The van der Waals surface area contributed by atoms with E-state index in [4.69, 9.17) is 16.3 Å². The maximum atomic E-state index is 12.7. The first-order valence-corrected chi connectivity index (χ1v) is 9.45. The fraction of sp³-hybridized carbons (Fsp3) is 0.300. The predicted octanol–water partition coefficient (Wildman–Crippen LogP) is 6.26. The van der Waals surface area contributed by atoms with Gasteiger partial charge in [0.1, 0.15) is 10.6 Å². The minimum absolute atomic E-state index is 0.00950. The van der Waals surface area contributed by atoms with E-state index in [2.05, 4.69) is 15.9 Å². The molecule has 0 radical (unpaired) electrons. The number of fused-ring (bicyclic) bond motifs is 1. The van der Waals surface area contributed by atoms with Crippen LogP contribution in [-0.2, 0) is 4.74 Å². The normalized spacial score (nSPS) is 13.0. The number of nitrogens with zero attached hydrogens (tertiary/aromatic N) is 1. The molecule has 0 bridgehead atoms. The number of carbonyl (C=O) groups is 2. The minimum atomic E-state index is -0.634. The molecule has 1 unspecified atom stereocenters. The van der Waals surface area contributed by atoms with Crippen molar-refractivity contribution in [2.75, 3.05) is 4.90 Å². The summed E-state index contributed by atoms with van der Waals surface area (Å²) in [6.07, 6.45) is 1.12. The molecule has 0 heterocycles. The predicted molar refractivity (Wildman–Crippen MR) is 110 cm³/mol. The zero-order valence-electron chi connectivity index (χ0n) is 15.1. The average molecular weight is 439 g/mol. The van der Waals surface area contributed by atoms with Crippen molar-refractivity contribution in [3.63, 3.8) is 0 Å². The molecule has 2 aromatic rings. The Morgan fingerprint density at radius 3 is 2.38 bits per heavy atom. The Balaban J connectivity index is 2.52. The number of hydrogen-bond acceptors (Lipinski definition) is 3. The number of ketones is 1. The zero-order chi connectivity index (χ0) is 19.5. The number of carbonyl (C=O) groups excluding carboxylic acids is 2. The van der Waals surface area contributed by atoms with Crippen molar-refractivity contribution in [2.24, 2.45) is 0 Å². The Labute approximate surface area is 166 Å². The topological polar surface area (TPSA) is 46.6 Å². The van der Waals surface area contributed by atoms with E-state index in [1.165, 1.54) is 17.4 Å². The van der Waals surface area contributed by atoms with E-state index in [9.17, 15) is 9.59 Å². The number of alkyl halides is 1. The Morgan fingerprint density at radius 2 is 1.81 bits per heavy atom. The van der Waals surface area contributed by atoms with Crippen LogP contribution in [0.3, 0.4) is 0 Å². The molecule has 2 aromatic carbocycles. The van der Waals surface area contributed by atoms with Crippen LogP contribution in [0.1, 0.15) is 38.1 Å². The van der Waals surface area contributed by atoms with Gasteiger partial charge >= 0.3 is 6.09 Å². The SMILES string of the molecule is CC(=O)c1ccc2ccc(N(C(=O)OC(C)(C)C)C(Br)C=CCl)cc2c1. The molecule has 0 aromatic heterocycles. The fourth-order valence-corrected chi connectivity index (χ4v) is 3.28. The third kappa shape index (κ3) is 5.08. The smallest absolute Gasteiger partial charge is 0.416 e. The maximum Gasteiger partial charge on any atom is 0.416 e. The summed E-state index contributed by atoms with van der Waals surface area (Å²) < 4.78 is 5.52. The van der Waals surface area contributed by atoms with Crippen molar-refractivity contribution >= 4 is 55.9 Å². The van der Waals surface area contributed by atoms with Gasteiger partial charge in [-0.3, -0.25) is 9.69 Å². The molecule has 0 saturated heterocycles. The second-order valence-corrected chi connectivity index (χ2v) is 8.03. The zero-order valence-corrected chi connectivity index (χ0v) is 17.5. The lowest BCUT2D eigenvalue weighted by molar-refractivity contribution is 0.0581. The molecule has 0 aliphatic heterocycles. The standard InChI is InChI=1S/C20H21BrClNO3/c1-13(24)15-6-5-14-7-8-17(12-16(14)11-15)23(18(21)9-10-22)19(25)26-20(2,3)4/h5-12,18H,1-4H3. The van der Waals surface area contributed by atoms with Crippen LogP contribution in [0.2, 0.25) is 0 Å². The Bertz CT molecular complexity index is 858. The third-order valence-corrected chi connectivity index (χ3v) is 4.44. The summed E-state index contributed by atoms with van der Waals surface area (Å²) in [6, 6.07) is 11.1. The third-order valence-electron chi connectivity index (χ3n) is 3.58. The lowest BCUT2D eigenvalue weighted by atomic mass is 10.0. The first kappa shape index (κ1) is 20.5. The van der Waals surface area contributed by atoms with E-state index in [-0.39, 0.29) is 5.78 Å². The molecule has 0 spiro atoms. The van der Waals surface area contributed by atoms with Crippen molar-refractivity contribution in [3.8, 4) is 0 Å². The second-order valence-electron chi connectivity index (χ2n) is 6.84. The van der Waals surface area contributed by atoms with Gasteiger partial charge in [0.05, 0.1) is 0 Å². The van der Waals surface area contributed by atoms with Crippen molar-refractivity contribution < 1.29 is 14.3 Å². The number of rotatable bonds is 4. The first-order chi connectivity index (χ1) is 12.1. The first-order valence-electron chi connectivity index (χ1n) is 8.10. The summed E-state index contributed by atoms with van der Waals surface area (Å²) in [6.45, 7) is 6.95. The average Bonchev–Trinajstić information content (AvgIpc) is 2.52. The number of Topliss-reactive ketones (excluding diaryl/α,β-unsaturated/α-hetero) is 1. The summed E-state index contributed by atoms with van der Waals surface area (Å²) in [5, 5.41) is 1.83. The van der Waals surface area contributed by atoms with Gasteiger partial charge in [-0.05, 0) is 62.7 Å². The van der Waals surface area contributed by atoms with Crippen molar-refractivity contribution in [2.45, 2.75) is 38.2 Å². The van der Waals surface area contributed by atoms with E-state index in [1.807, 2.05) is 51.1 Å². The number of benzene rings is 2. The van der Waals surface area contributed by atoms with Crippen molar-refractivity contribution in [1.29, 1.82) is 0 Å². The molecule has 1 atom stereocenters.